The Bertz CT molecular complexity index is 739. The highest BCUT2D eigenvalue weighted by Crippen LogP contribution is 2.29. The molecule has 0 radical (unpaired) electrons. The van der Waals surface area contributed by atoms with Crippen molar-refractivity contribution in [1.82, 2.24) is 14.5 Å². The Balaban J connectivity index is 1.83. The van der Waals surface area contributed by atoms with Gasteiger partial charge in [0.05, 0.1) is 13.7 Å². The molecule has 3 heterocycles. The zero-order valence-corrected chi connectivity index (χ0v) is 12.3. The van der Waals surface area contributed by atoms with Gasteiger partial charge in [0.1, 0.15) is 11.9 Å². The zero-order valence-electron chi connectivity index (χ0n) is 12.3. The van der Waals surface area contributed by atoms with Gasteiger partial charge in [0, 0.05) is 23.9 Å². The van der Waals surface area contributed by atoms with Crippen LogP contribution < -0.4 is 15.0 Å². The smallest absolute Gasteiger partial charge is 0.292 e. The standard InChI is InChI=1S/C15H17N3O3/c1-9-12-7-11(21-14(12)17-10(2)16-9)8-18-6-4-5-13(20-3)15(18)19/h4-6,11H,7-8H2,1-3H3/t11-/m0/s1. The van der Waals surface area contributed by atoms with Crippen LogP contribution in [0.2, 0.25) is 0 Å². The molecule has 0 fully saturated rings. The third-order valence-corrected chi connectivity index (χ3v) is 3.60. The highest BCUT2D eigenvalue weighted by atomic mass is 16.5. The van der Waals surface area contributed by atoms with Crippen molar-refractivity contribution in [1.29, 1.82) is 0 Å². The van der Waals surface area contributed by atoms with E-state index >= 15 is 0 Å². The number of hydrogen-bond acceptors (Lipinski definition) is 5. The normalized spacial score (nSPS) is 16.4. The first kappa shape index (κ1) is 13.6. The van der Waals surface area contributed by atoms with Crippen molar-refractivity contribution in [2.75, 3.05) is 7.11 Å². The highest BCUT2D eigenvalue weighted by molar-refractivity contribution is 5.34. The van der Waals surface area contributed by atoms with Gasteiger partial charge in [0.25, 0.3) is 5.56 Å². The molecule has 0 amide bonds. The predicted octanol–water partition coefficient (Wildman–Crippen LogP) is 1.27. The van der Waals surface area contributed by atoms with Crippen LogP contribution >= 0.6 is 0 Å². The van der Waals surface area contributed by atoms with Crippen LogP contribution in [-0.2, 0) is 13.0 Å². The molecule has 0 aromatic carbocycles. The first-order valence-corrected chi connectivity index (χ1v) is 6.82. The molecule has 3 rings (SSSR count). The molecule has 110 valence electrons. The van der Waals surface area contributed by atoms with E-state index < -0.39 is 0 Å². The minimum atomic E-state index is -0.154. The molecule has 0 unspecified atom stereocenters. The van der Waals surface area contributed by atoms with Crippen molar-refractivity contribution in [2.45, 2.75) is 32.9 Å². The lowest BCUT2D eigenvalue weighted by molar-refractivity contribution is 0.200. The molecule has 0 aliphatic carbocycles. The lowest BCUT2D eigenvalue weighted by Crippen LogP contribution is -2.29. The van der Waals surface area contributed by atoms with Gasteiger partial charge in [0.2, 0.25) is 5.88 Å². The number of hydrogen-bond donors (Lipinski definition) is 0. The summed E-state index contributed by atoms with van der Waals surface area (Å²) in [6, 6.07) is 3.44. The van der Waals surface area contributed by atoms with Crippen LogP contribution in [0, 0.1) is 13.8 Å². The first-order chi connectivity index (χ1) is 10.1. The summed E-state index contributed by atoms with van der Waals surface area (Å²) in [7, 11) is 1.49. The Morgan fingerprint density at radius 2 is 2.24 bits per heavy atom. The second kappa shape index (κ2) is 5.20. The van der Waals surface area contributed by atoms with Gasteiger partial charge in [-0.1, -0.05) is 0 Å². The molecule has 2 aromatic rings. The summed E-state index contributed by atoms with van der Waals surface area (Å²) >= 11 is 0. The van der Waals surface area contributed by atoms with Gasteiger partial charge in [0.15, 0.2) is 5.75 Å². The third-order valence-electron chi connectivity index (χ3n) is 3.60. The maximum atomic E-state index is 12.1. The van der Waals surface area contributed by atoms with Crippen LogP contribution in [0.4, 0.5) is 0 Å². The number of nitrogens with zero attached hydrogens (tertiary/aromatic N) is 3. The van der Waals surface area contributed by atoms with Crippen LogP contribution in [0.1, 0.15) is 17.1 Å². The Labute approximate surface area is 122 Å². The Hall–Kier alpha value is -2.37. The SMILES string of the molecule is COc1cccn(C[C@@H]2Cc3c(C)nc(C)nc3O2)c1=O. The second-order valence-electron chi connectivity index (χ2n) is 5.12. The highest BCUT2D eigenvalue weighted by Gasteiger charge is 2.27. The van der Waals surface area contributed by atoms with Crippen LogP contribution in [-0.4, -0.2) is 27.7 Å². The van der Waals surface area contributed by atoms with Crippen molar-refractivity contribution in [3.8, 4) is 11.6 Å². The van der Waals surface area contributed by atoms with Crippen molar-refractivity contribution in [3.63, 3.8) is 0 Å². The van der Waals surface area contributed by atoms with Gasteiger partial charge >= 0.3 is 0 Å². The number of ether oxygens (including phenoxy) is 2. The van der Waals surface area contributed by atoms with Crippen LogP contribution in [0.5, 0.6) is 11.6 Å². The fraction of sp³-hybridized carbons (Fsp3) is 0.400. The Kier molecular flexibility index (Phi) is 3.37. The third kappa shape index (κ3) is 2.49. The summed E-state index contributed by atoms with van der Waals surface area (Å²) in [6.45, 7) is 4.26. The fourth-order valence-corrected chi connectivity index (χ4v) is 2.60. The average Bonchev–Trinajstić information content (AvgIpc) is 2.84. The molecule has 1 atom stereocenters. The van der Waals surface area contributed by atoms with Crippen LogP contribution in [0.25, 0.3) is 0 Å². The largest absolute Gasteiger partial charge is 0.491 e. The van der Waals surface area contributed by atoms with E-state index in [0.29, 0.717) is 30.4 Å². The number of rotatable bonds is 3. The molecular weight excluding hydrogens is 270 g/mol. The molecule has 0 N–H and O–H groups in total. The Morgan fingerprint density at radius 3 is 3.00 bits per heavy atom. The van der Waals surface area contributed by atoms with Crippen molar-refractivity contribution < 1.29 is 9.47 Å². The van der Waals surface area contributed by atoms with Gasteiger partial charge in [-0.15, -0.1) is 0 Å². The molecule has 0 saturated heterocycles. The van der Waals surface area contributed by atoms with E-state index in [4.69, 9.17) is 9.47 Å². The summed E-state index contributed by atoms with van der Waals surface area (Å²) < 4.78 is 12.5. The molecule has 2 aromatic heterocycles. The summed E-state index contributed by atoms with van der Waals surface area (Å²) in [6.07, 6.45) is 2.34. The fourth-order valence-electron chi connectivity index (χ4n) is 2.60. The molecule has 6 heteroatoms. The van der Waals surface area contributed by atoms with Crippen LogP contribution in [0.3, 0.4) is 0 Å². The number of aromatic nitrogens is 3. The number of aryl methyl sites for hydroxylation is 2. The van der Waals surface area contributed by atoms with Crippen LogP contribution in [0.15, 0.2) is 23.1 Å². The van der Waals surface area contributed by atoms with E-state index in [0.717, 1.165) is 11.3 Å². The van der Waals surface area contributed by atoms with E-state index in [1.54, 1.807) is 22.9 Å². The predicted molar refractivity (Wildman–Crippen MR) is 76.9 cm³/mol. The quantitative estimate of drug-likeness (QED) is 0.850. The summed E-state index contributed by atoms with van der Waals surface area (Å²) in [5, 5.41) is 0. The summed E-state index contributed by atoms with van der Waals surface area (Å²) in [4.78, 5) is 20.8. The number of pyridine rings is 1. The molecule has 1 aliphatic heterocycles. The van der Waals surface area contributed by atoms with Gasteiger partial charge in [-0.3, -0.25) is 4.79 Å². The number of fused-ring (bicyclic) bond motifs is 1. The lowest BCUT2D eigenvalue weighted by Gasteiger charge is -2.12. The van der Waals surface area contributed by atoms with Crippen molar-refractivity contribution in [3.05, 3.63) is 45.8 Å². The maximum absolute atomic E-state index is 12.1. The van der Waals surface area contributed by atoms with E-state index in [1.807, 2.05) is 13.8 Å². The second-order valence-corrected chi connectivity index (χ2v) is 5.12. The zero-order chi connectivity index (χ0) is 15.0. The van der Waals surface area contributed by atoms with E-state index in [-0.39, 0.29) is 11.7 Å². The van der Waals surface area contributed by atoms with Gasteiger partial charge in [-0.25, -0.2) is 4.98 Å². The van der Waals surface area contributed by atoms with Gasteiger partial charge in [-0.05, 0) is 26.0 Å². The van der Waals surface area contributed by atoms with Crippen molar-refractivity contribution >= 4 is 0 Å². The monoisotopic (exact) mass is 287 g/mol. The molecule has 6 nitrogen and oxygen atoms in total. The molecule has 0 bridgehead atoms. The minimum Gasteiger partial charge on any atom is -0.491 e. The maximum Gasteiger partial charge on any atom is 0.292 e. The van der Waals surface area contributed by atoms with Gasteiger partial charge in [-0.2, -0.15) is 4.98 Å². The molecule has 1 aliphatic rings. The van der Waals surface area contributed by atoms with E-state index in [9.17, 15) is 4.79 Å². The lowest BCUT2D eigenvalue weighted by atomic mass is 10.1. The minimum absolute atomic E-state index is 0.111. The molecule has 0 spiro atoms. The van der Waals surface area contributed by atoms with E-state index in [2.05, 4.69) is 9.97 Å². The summed E-state index contributed by atoms with van der Waals surface area (Å²) in [5.74, 6) is 1.67. The molecular formula is C15H17N3O3. The van der Waals surface area contributed by atoms with Gasteiger partial charge < -0.3 is 14.0 Å². The van der Waals surface area contributed by atoms with Crippen molar-refractivity contribution in [2.24, 2.45) is 0 Å². The summed E-state index contributed by atoms with van der Waals surface area (Å²) in [5.41, 5.74) is 1.82. The molecule has 0 saturated carbocycles. The topological polar surface area (TPSA) is 66.2 Å². The average molecular weight is 287 g/mol. The Morgan fingerprint density at radius 1 is 1.43 bits per heavy atom. The first-order valence-electron chi connectivity index (χ1n) is 6.82. The molecule has 21 heavy (non-hydrogen) atoms. The van der Waals surface area contributed by atoms with E-state index in [1.165, 1.54) is 7.11 Å². The number of methoxy groups -OCH3 is 1.